The summed E-state index contributed by atoms with van der Waals surface area (Å²) in [5, 5.41) is 3.79. The molecule has 0 heterocycles. The van der Waals surface area contributed by atoms with Gasteiger partial charge in [0.25, 0.3) is 0 Å². The molecule has 1 aromatic rings. The molecule has 1 amide bonds. The number of benzene rings is 1. The average Bonchev–Trinajstić information content (AvgIpc) is 2.11. The minimum absolute atomic E-state index is 0.0525. The molecule has 0 saturated carbocycles. The molecule has 1 aromatic carbocycles. The van der Waals surface area contributed by atoms with E-state index >= 15 is 0 Å². The Morgan fingerprint density at radius 1 is 1.24 bits per heavy atom. The summed E-state index contributed by atoms with van der Waals surface area (Å²) in [6.45, 7) is 6.21. The molecule has 0 atom stereocenters. The molecule has 2 nitrogen and oxygen atoms in total. The molecule has 17 heavy (non-hydrogen) atoms. The van der Waals surface area contributed by atoms with Gasteiger partial charge in [-0.2, -0.15) is 0 Å². The van der Waals surface area contributed by atoms with Gasteiger partial charge in [0.15, 0.2) is 0 Å². The van der Waals surface area contributed by atoms with Crippen LogP contribution < -0.4 is 5.32 Å². The third kappa shape index (κ3) is 6.20. The number of nitrogens with one attached hydrogen (secondary N) is 1. The van der Waals surface area contributed by atoms with Gasteiger partial charge in [0.1, 0.15) is 0 Å². The summed E-state index contributed by atoms with van der Waals surface area (Å²) in [6.07, 6.45) is 0. The van der Waals surface area contributed by atoms with Crippen LogP contribution in [0.25, 0.3) is 0 Å². The van der Waals surface area contributed by atoms with Crippen molar-refractivity contribution in [2.45, 2.75) is 25.5 Å². The van der Waals surface area contributed by atoms with Gasteiger partial charge >= 0.3 is 0 Å². The van der Waals surface area contributed by atoms with Crippen molar-refractivity contribution in [3.63, 3.8) is 0 Å². The summed E-state index contributed by atoms with van der Waals surface area (Å²) in [5.41, 5.74) is 0.627. The van der Waals surface area contributed by atoms with Crippen molar-refractivity contribution in [3.8, 4) is 0 Å². The Kier molecular flexibility index (Phi) is 5.17. The van der Waals surface area contributed by atoms with Crippen LogP contribution in [0.3, 0.4) is 0 Å². The van der Waals surface area contributed by atoms with Gasteiger partial charge in [0.2, 0.25) is 5.91 Å². The van der Waals surface area contributed by atoms with Gasteiger partial charge in [-0.05, 0) is 18.2 Å². The van der Waals surface area contributed by atoms with E-state index in [2.05, 4.69) is 26.1 Å². The topological polar surface area (TPSA) is 29.1 Å². The van der Waals surface area contributed by atoms with Gasteiger partial charge in [0, 0.05) is 20.5 Å². The first kappa shape index (κ1) is 14.7. The first-order chi connectivity index (χ1) is 7.76. The summed E-state index contributed by atoms with van der Waals surface area (Å²) < 4.78 is 0.0727. The van der Waals surface area contributed by atoms with Gasteiger partial charge in [0.05, 0.1) is 5.75 Å². The minimum Gasteiger partial charge on any atom is -0.325 e. The molecule has 0 radical (unpaired) electrons. The zero-order valence-corrected chi connectivity index (χ0v) is 12.3. The van der Waals surface area contributed by atoms with Crippen molar-refractivity contribution >= 4 is 46.6 Å². The first-order valence-electron chi connectivity index (χ1n) is 5.16. The minimum atomic E-state index is -0.0525. The highest BCUT2D eigenvalue weighted by Gasteiger charge is 2.13. The fourth-order valence-electron chi connectivity index (χ4n) is 1.11. The number of carbonyl (C=O) groups excluding carboxylic acids is 1. The van der Waals surface area contributed by atoms with Crippen molar-refractivity contribution in [1.82, 2.24) is 0 Å². The molecular formula is C12H15Cl2NOS. The molecule has 0 unspecified atom stereocenters. The second-order valence-corrected chi connectivity index (χ2v) is 7.28. The average molecular weight is 292 g/mol. The second kappa shape index (κ2) is 5.98. The molecule has 0 spiro atoms. The molecule has 0 aromatic heterocycles. The van der Waals surface area contributed by atoms with Crippen LogP contribution >= 0.6 is 35.0 Å². The highest BCUT2D eigenvalue weighted by atomic mass is 35.5. The molecule has 0 aliphatic carbocycles. The molecule has 1 N–H and O–H groups in total. The Bertz CT molecular complexity index is 395. The van der Waals surface area contributed by atoms with Crippen LogP contribution in [-0.4, -0.2) is 16.4 Å². The summed E-state index contributed by atoms with van der Waals surface area (Å²) >= 11 is 13.3. The molecular weight excluding hydrogens is 277 g/mol. The maximum atomic E-state index is 11.7. The van der Waals surface area contributed by atoms with Crippen molar-refractivity contribution in [1.29, 1.82) is 0 Å². The van der Waals surface area contributed by atoms with Crippen LogP contribution in [0.5, 0.6) is 0 Å². The maximum absolute atomic E-state index is 11.7. The number of carbonyl (C=O) groups is 1. The summed E-state index contributed by atoms with van der Waals surface area (Å²) in [4.78, 5) is 11.7. The molecule has 0 fully saturated rings. The van der Waals surface area contributed by atoms with Gasteiger partial charge < -0.3 is 5.32 Å². The fraction of sp³-hybridized carbons (Fsp3) is 0.417. The maximum Gasteiger partial charge on any atom is 0.234 e. The normalized spacial score (nSPS) is 11.4. The lowest BCUT2D eigenvalue weighted by Crippen LogP contribution is -2.18. The van der Waals surface area contributed by atoms with Gasteiger partial charge in [-0.3, -0.25) is 4.79 Å². The molecule has 1 rings (SSSR count). The van der Waals surface area contributed by atoms with E-state index in [0.29, 0.717) is 21.5 Å². The van der Waals surface area contributed by atoms with E-state index in [1.807, 2.05) is 0 Å². The summed E-state index contributed by atoms with van der Waals surface area (Å²) in [6, 6.07) is 4.98. The largest absolute Gasteiger partial charge is 0.325 e. The fourth-order valence-corrected chi connectivity index (χ4v) is 2.27. The van der Waals surface area contributed by atoms with Crippen LogP contribution in [0.1, 0.15) is 20.8 Å². The van der Waals surface area contributed by atoms with Gasteiger partial charge in [-0.15, -0.1) is 11.8 Å². The van der Waals surface area contributed by atoms with Crippen molar-refractivity contribution in [2.24, 2.45) is 0 Å². The van der Waals surface area contributed by atoms with E-state index < -0.39 is 0 Å². The SMILES string of the molecule is CC(C)(C)SCC(=O)Nc1cc(Cl)cc(Cl)c1. The summed E-state index contributed by atoms with van der Waals surface area (Å²) in [7, 11) is 0. The third-order valence-electron chi connectivity index (χ3n) is 1.78. The number of anilines is 1. The van der Waals surface area contributed by atoms with Crippen LogP contribution in [0.2, 0.25) is 10.0 Å². The van der Waals surface area contributed by atoms with Crippen molar-refractivity contribution in [2.75, 3.05) is 11.1 Å². The predicted molar refractivity (Wildman–Crippen MR) is 77.3 cm³/mol. The number of rotatable bonds is 3. The second-order valence-electron chi connectivity index (χ2n) is 4.61. The summed E-state index contributed by atoms with van der Waals surface area (Å²) in [5.74, 6) is 0.358. The van der Waals surface area contributed by atoms with Crippen LogP contribution in [0, 0.1) is 0 Å². The Balaban J connectivity index is 2.56. The lowest BCUT2D eigenvalue weighted by Gasteiger charge is -2.17. The number of hydrogen-bond acceptors (Lipinski definition) is 2. The molecule has 0 bridgehead atoms. The van der Waals surface area contributed by atoms with Gasteiger partial charge in [-0.1, -0.05) is 44.0 Å². The standard InChI is InChI=1S/C12H15Cl2NOS/c1-12(2,3)17-7-11(16)15-10-5-8(13)4-9(14)6-10/h4-6H,7H2,1-3H3,(H,15,16). The zero-order valence-electron chi connectivity index (χ0n) is 10.0. The highest BCUT2D eigenvalue weighted by molar-refractivity contribution is 8.01. The Morgan fingerprint density at radius 3 is 2.24 bits per heavy atom. The van der Waals surface area contributed by atoms with Crippen molar-refractivity contribution in [3.05, 3.63) is 28.2 Å². The third-order valence-corrected chi connectivity index (χ3v) is 3.49. The zero-order chi connectivity index (χ0) is 13.1. The number of thioether (sulfide) groups is 1. The monoisotopic (exact) mass is 291 g/mol. The predicted octanol–water partition coefficient (Wildman–Crippen LogP) is 4.46. The number of amides is 1. The molecule has 0 saturated heterocycles. The Morgan fingerprint density at radius 2 is 1.76 bits per heavy atom. The van der Waals surface area contributed by atoms with E-state index in [1.165, 1.54) is 0 Å². The first-order valence-corrected chi connectivity index (χ1v) is 6.90. The van der Waals surface area contributed by atoms with E-state index in [4.69, 9.17) is 23.2 Å². The van der Waals surface area contributed by atoms with E-state index in [-0.39, 0.29) is 10.7 Å². The Labute approximate surface area is 116 Å². The smallest absolute Gasteiger partial charge is 0.234 e. The lowest BCUT2D eigenvalue weighted by atomic mass is 10.3. The van der Waals surface area contributed by atoms with Crippen LogP contribution in [0.15, 0.2) is 18.2 Å². The number of hydrogen-bond donors (Lipinski definition) is 1. The van der Waals surface area contributed by atoms with Crippen LogP contribution in [-0.2, 0) is 4.79 Å². The quantitative estimate of drug-likeness (QED) is 0.891. The molecule has 0 aliphatic rings. The van der Waals surface area contributed by atoms with E-state index in [9.17, 15) is 4.79 Å². The number of halogens is 2. The highest BCUT2D eigenvalue weighted by Crippen LogP contribution is 2.25. The van der Waals surface area contributed by atoms with Crippen LogP contribution in [0.4, 0.5) is 5.69 Å². The molecule has 5 heteroatoms. The van der Waals surface area contributed by atoms with Gasteiger partial charge in [-0.25, -0.2) is 0 Å². The lowest BCUT2D eigenvalue weighted by molar-refractivity contribution is -0.113. The van der Waals surface area contributed by atoms with E-state index in [0.717, 1.165) is 0 Å². The Hall–Kier alpha value is -0.380. The molecule has 0 aliphatic heterocycles. The van der Waals surface area contributed by atoms with E-state index in [1.54, 1.807) is 30.0 Å². The van der Waals surface area contributed by atoms with Crippen molar-refractivity contribution < 1.29 is 4.79 Å². The molecule has 94 valence electrons.